The molecule has 1 heteroatoms. The van der Waals surface area contributed by atoms with Crippen molar-refractivity contribution in [3.8, 4) is 11.1 Å². The predicted molar refractivity (Wildman–Crippen MR) is 132 cm³/mol. The summed E-state index contributed by atoms with van der Waals surface area (Å²) in [6.07, 6.45) is 3.55. The number of thioether (sulfide) groups is 1. The molecule has 0 aromatic heterocycles. The lowest BCUT2D eigenvalue weighted by molar-refractivity contribution is 0.722. The van der Waals surface area contributed by atoms with Gasteiger partial charge in [-0.2, -0.15) is 0 Å². The first-order chi connectivity index (χ1) is 14.0. The lowest BCUT2D eigenvalue weighted by Crippen LogP contribution is -2.01. The second-order valence-corrected chi connectivity index (χ2v) is 9.26. The fraction of sp³-hybridized carbons (Fsp3) is 0.286. The van der Waals surface area contributed by atoms with E-state index in [1.807, 2.05) is 11.8 Å². The van der Waals surface area contributed by atoms with Crippen molar-refractivity contribution < 1.29 is 0 Å². The fourth-order valence-electron chi connectivity index (χ4n) is 3.77. The smallest absolute Gasteiger partial charge is 0.0107 e. The van der Waals surface area contributed by atoms with E-state index in [2.05, 4.69) is 107 Å². The molecule has 0 saturated heterocycles. The maximum absolute atomic E-state index is 2.47. The van der Waals surface area contributed by atoms with Crippen LogP contribution in [0.3, 0.4) is 0 Å². The minimum atomic E-state index is 0.491. The van der Waals surface area contributed by atoms with Crippen molar-refractivity contribution in [2.75, 3.05) is 5.75 Å². The average Bonchev–Trinajstić information content (AvgIpc) is 2.72. The van der Waals surface area contributed by atoms with E-state index in [4.69, 9.17) is 0 Å². The second kappa shape index (κ2) is 9.98. The van der Waals surface area contributed by atoms with E-state index in [1.54, 1.807) is 0 Å². The van der Waals surface area contributed by atoms with Gasteiger partial charge >= 0.3 is 0 Å². The van der Waals surface area contributed by atoms with Crippen LogP contribution in [0.25, 0.3) is 16.0 Å². The zero-order valence-electron chi connectivity index (χ0n) is 18.3. The molecule has 0 aliphatic carbocycles. The van der Waals surface area contributed by atoms with Gasteiger partial charge in [0.2, 0.25) is 0 Å². The van der Waals surface area contributed by atoms with Gasteiger partial charge < -0.3 is 0 Å². The SMILES string of the molecule is CCS/C(=C\C(C)Cc1cc(C)c(C)cc1C)c1cccc(-c2ccccc2)c1. The average molecular weight is 401 g/mol. The third kappa shape index (κ3) is 5.64. The van der Waals surface area contributed by atoms with Crippen molar-refractivity contribution in [1.29, 1.82) is 0 Å². The van der Waals surface area contributed by atoms with Crippen LogP contribution in [0.2, 0.25) is 0 Å². The van der Waals surface area contributed by atoms with Gasteiger partial charge in [-0.1, -0.05) is 80.6 Å². The van der Waals surface area contributed by atoms with Crippen molar-refractivity contribution >= 4 is 16.7 Å². The number of benzene rings is 3. The van der Waals surface area contributed by atoms with Crippen LogP contribution in [0, 0.1) is 26.7 Å². The minimum absolute atomic E-state index is 0.491. The largest absolute Gasteiger partial charge is 0.126 e. The molecule has 0 aliphatic heterocycles. The van der Waals surface area contributed by atoms with Gasteiger partial charge in [0.25, 0.3) is 0 Å². The molecule has 0 saturated carbocycles. The van der Waals surface area contributed by atoms with E-state index in [1.165, 1.54) is 43.8 Å². The number of hydrogen-bond acceptors (Lipinski definition) is 1. The molecule has 0 radical (unpaired) electrons. The fourth-order valence-corrected chi connectivity index (χ4v) is 4.70. The third-order valence-corrected chi connectivity index (χ3v) is 6.46. The van der Waals surface area contributed by atoms with E-state index in [9.17, 15) is 0 Å². The molecule has 0 N–H and O–H groups in total. The molecule has 0 nitrogen and oxygen atoms in total. The Morgan fingerprint density at radius 3 is 2.24 bits per heavy atom. The molecule has 3 rings (SSSR count). The molecule has 0 aliphatic rings. The topological polar surface area (TPSA) is 0 Å². The first kappa shape index (κ1) is 21.5. The summed E-state index contributed by atoms with van der Waals surface area (Å²) >= 11 is 1.94. The van der Waals surface area contributed by atoms with Crippen LogP contribution < -0.4 is 0 Å². The highest BCUT2D eigenvalue weighted by Gasteiger charge is 2.10. The van der Waals surface area contributed by atoms with Gasteiger partial charge in [-0.15, -0.1) is 11.8 Å². The molecule has 1 unspecified atom stereocenters. The highest BCUT2D eigenvalue weighted by molar-refractivity contribution is 8.08. The Balaban J connectivity index is 1.87. The van der Waals surface area contributed by atoms with E-state index in [-0.39, 0.29) is 0 Å². The first-order valence-corrected chi connectivity index (χ1v) is 11.5. The highest BCUT2D eigenvalue weighted by Crippen LogP contribution is 2.32. The molecule has 0 fully saturated rings. The Morgan fingerprint density at radius 2 is 1.52 bits per heavy atom. The van der Waals surface area contributed by atoms with E-state index in [0.717, 1.165) is 12.2 Å². The standard InChI is InChI=1S/C28H32S/c1-6-29-28(16-20(2)15-27-18-22(4)21(3)17-23(27)5)26-14-10-13-25(19-26)24-11-8-7-9-12-24/h7-14,16-20H,6,15H2,1-5H3/b28-16-. The Hall–Kier alpha value is -2.25. The first-order valence-electron chi connectivity index (χ1n) is 10.5. The van der Waals surface area contributed by atoms with Gasteiger partial charge in [0.1, 0.15) is 0 Å². The van der Waals surface area contributed by atoms with Crippen LogP contribution in [-0.4, -0.2) is 5.75 Å². The van der Waals surface area contributed by atoms with Crippen molar-refractivity contribution in [3.05, 3.63) is 101 Å². The van der Waals surface area contributed by atoms with Crippen LogP contribution in [-0.2, 0) is 6.42 Å². The Kier molecular flexibility index (Phi) is 7.39. The molecule has 0 bridgehead atoms. The Bertz CT molecular complexity index is 982. The van der Waals surface area contributed by atoms with E-state index < -0.39 is 0 Å². The predicted octanol–water partition coefficient (Wildman–Crippen LogP) is 8.25. The van der Waals surface area contributed by atoms with E-state index in [0.29, 0.717) is 5.92 Å². The highest BCUT2D eigenvalue weighted by atomic mass is 32.2. The van der Waals surface area contributed by atoms with Crippen molar-refractivity contribution in [3.63, 3.8) is 0 Å². The molecule has 150 valence electrons. The normalized spacial score (nSPS) is 12.8. The zero-order chi connectivity index (χ0) is 20.8. The Morgan fingerprint density at radius 1 is 0.828 bits per heavy atom. The van der Waals surface area contributed by atoms with Gasteiger partial charge in [-0.05, 0) is 83.9 Å². The summed E-state index contributed by atoms with van der Waals surface area (Å²) in [6.45, 7) is 11.2. The van der Waals surface area contributed by atoms with Crippen molar-refractivity contribution in [1.82, 2.24) is 0 Å². The quantitative estimate of drug-likeness (QED) is 0.385. The summed E-state index contributed by atoms with van der Waals surface area (Å²) < 4.78 is 0. The molecule has 29 heavy (non-hydrogen) atoms. The molecule has 0 spiro atoms. The van der Waals surface area contributed by atoms with Gasteiger partial charge in [0.05, 0.1) is 0 Å². The summed E-state index contributed by atoms with van der Waals surface area (Å²) in [6, 6.07) is 24.3. The van der Waals surface area contributed by atoms with Crippen LogP contribution >= 0.6 is 11.8 Å². The lowest BCUT2D eigenvalue weighted by atomic mass is 9.93. The summed E-state index contributed by atoms with van der Waals surface area (Å²) in [4.78, 5) is 1.39. The molecule has 3 aromatic rings. The lowest BCUT2D eigenvalue weighted by Gasteiger charge is -2.15. The number of rotatable bonds is 7. The number of allylic oxidation sites excluding steroid dienone is 1. The summed E-state index contributed by atoms with van der Waals surface area (Å²) in [5.41, 5.74) is 9.52. The van der Waals surface area contributed by atoms with Crippen LogP contribution in [0.1, 0.15) is 41.7 Å². The Labute approximate surface area is 181 Å². The molecule has 1 atom stereocenters. The second-order valence-electron chi connectivity index (χ2n) is 7.96. The maximum atomic E-state index is 2.47. The van der Waals surface area contributed by atoms with E-state index >= 15 is 0 Å². The monoisotopic (exact) mass is 400 g/mol. The number of aryl methyl sites for hydroxylation is 3. The van der Waals surface area contributed by atoms with Crippen LogP contribution in [0.15, 0.2) is 72.8 Å². The van der Waals surface area contributed by atoms with Crippen molar-refractivity contribution in [2.45, 2.75) is 41.0 Å². The molecular weight excluding hydrogens is 368 g/mol. The minimum Gasteiger partial charge on any atom is -0.126 e. The van der Waals surface area contributed by atoms with Gasteiger partial charge in [-0.3, -0.25) is 0 Å². The summed E-state index contributed by atoms with van der Waals surface area (Å²) in [5, 5.41) is 0. The van der Waals surface area contributed by atoms with Crippen LogP contribution in [0.5, 0.6) is 0 Å². The van der Waals surface area contributed by atoms with Gasteiger partial charge in [0, 0.05) is 4.91 Å². The molecular formula is C28H32S. The zero-order valence-corrected chi connectivity index (χ0v) is 19.1. The molecule has 0 amide bonds. The summed E-state index contributed by atoms with van der Waals surface area (Å²) in [7, 11) is 0. The number of hydrogen-bond donors (Lipinski definition) is 0. The van der Waals surface area contributed by atoms with Gasteiger partial charge in [-0.25, -0.2) is 0 Å². The maximum Gasteiger partial charge on any atom is 0.0107 e. The summed E-state index contributed by atoms with van der Waals surface area (Å²) in [5.74, 6) is 1.57. The van der Waals surface area contributed by atoms with Crippen molar-refractivity contribution in [2.24, 2.45) is 5.92 Å². The van der Waals surface area contributed by atoms with Gasteiger partial charge in [0.15, 0.2) is 0 Å². The molecule has 3 aromatic carbocycles. The third-order valence-electron chi connectivity index (χ3n) is 5.48. The molecule has 0 heterocycles. The van der Waals surface area contributed by atoms with Crippen LogP contribution in [0.4, 0.5) is 0 Å².